The molecule has 0 aliphatic rings. The Bertz CT molecular complexity index is 300. The Morgan fingerprint density at radius 3 is 1.63 bits per heavy atom. The lowest BCUT2D eigenvalue weighted by Crippen LogP contribution is -2.41. The summed E-state index contributed by atoms with van der Waals surface area (Å²) in [5, 5.41) is 0. The second-order valence-electron chi connectivity index (χ2n) is 8.83. The molecule has 0 spiro atoms. The molecule has 0 saturated carbocycles. The van der Waals surface area contributed by atoms with Crippen LogP contribution in [0.3, 0.4) is 0 Å². The third-order valence-electron chi connectivity index (χ3n) is 3.89. The number of carbonyl (C=O) groups excluding carboxylic acids is 1. The Kier molecular flexibility index (Phi) is 5.68. The summed E-state index contributed by atoms with van der Waals surface area (Å²) in [6, 6.07) is 0. The van der Waals surface area contributed by atoms with E-state index < -0.39 is 5.60 Å². The quantitative estimate of drug-likeness (QED) is 0.667. The average Bonchev–Trinajstić information content (AvgIpc) is 2.09. The Hall–Kier alpha value is -0.530. The SMILES string of the molecule is CC(C)C(C)(C)C(CC(C)(C)C)C(=O)OC(C)(C)C. The predicted octanol–water partition coefficient (Wildman–Crippen LogP) is 5.06. The van der Waals surface area contributed by atoms with Crippen molar-refractivity contribution >= 4 is 5.97 Å². The molecule has 0 rings (SSSR count). The Balaban J connectivity index is 5.24. The molecule has 1 unspecified atom stereocenters. The first-order chi connectivity index (χ1) is 8.17. The van der Waals surface area contributed by atoms with E-state index in [0.29, 0.717) is 5.92 Å². The smallest absolute Gasteiger partial charge is 0.310 e. The van der Waals surface area contributed by atoms with Crippen LogP contribution in [0.25, 0.3) is 0 Å². The molecule has 0 N–H and O–H groups in total. The van der Waals surface area contributed by atoms with Crippen LogP contribution < -0.4 is 0 Å². The lowest BCUT2D eigenvalue weighted by Gasteiger charge is -2.40. The van der Waals surface area contributed by atoms with Gasteiger partial charge in [0.15, 0.2) is 0 Å². The van der Waals surface area contributed by atoms with Crippen LogP contribution in [0.4, 0.5) is 0 Å². The maximum Gasteiger partial charge on any atom is 0.310 e. The molecular formula is C17H34O2. The van der Waals surface area contributed by atoms with Gasteiger partial charge in [-0.25, -0.2) is 0 Å². The van der Waals surface area contributed by atoms with E-state index in [1.54, 1.807) is 0 Å². The van der Waals surface area contributed by atoms with Crippen molar-refractivity contribution in [2.75, 3.05) is 0 Å². The summed E-state index contributed by atoms with van der Waals surface area (Å²) in [7, 11) is 0. The third kappa shape index (κ3) is 6.44. The van der Waals surface area contributed by atoms with Gasteiger partial charge in [-0.05, 0) is 43.9 Å². The first-order valence-corrected chi connectivity index (χ1v) is 7.39. The average molecular weight is 270 g/mol. The highest BCUT2D eigenvalue weighted by molar-refractivity contribution is 5.74. The number of hydrogen-bond acceptors (Lipinski definition) is 2. The van der Waals surface area contributed by atoms with Crippen molar-refractivity contribution in [3.63, 3.8) is 0 Å². The highest BCUT2D eigenvalue weighted by Crippen LogP contribution is 2.42. The molecule has 0 amide bonds. The van der Waals surface area contributed by atoms with E-state index in [-0.39, 0.29) is 22.7 Å². The molecule has 0 fully saturated rings. The van der Waals surface area contributed by atoms with Gasteiger partial charge < -0.3 is 4.74 Å². The topological polar surface area (TPSA) is 26.3 Å². The zero-order valence-electron chi connectivity index (χ0n) is 14.7. The number of esters is 1. The summed E-state index contributed by atoms with van der Waals surface area (Å²) in [6.07, 6.45) is 0.854. The zero-order valence-corrected chi connectivity index (χ0v) is 14.7. The van der Waals surface area contributed by atoms with Gasteiger partial charge in [0, 0.05) is 0 Å². The van der Waals surface area contributed by atoms with Gasteiger partial charge in [0.1, 0.15) is 5.60 Å². The minimum absolute atomic E-state index is 0.0545. The highest BCUT2D eigenvalue weighted by atomic mass is 16.6. The van der Waals surface area contributed by atoms with Crippen molar-refractivity contribution < 1.29 is 9.53 Å². The van der Waals surface area contributed by atoms with Crippen LogP contribution >= 0.6 is 0 Å². The first-order valence-electron chi connectivity index (χ1n) is 7.39. The van der Waals surface area contributed by atoms with Gasteiger partial charge in [0.05, 0.1) is 5.92 Å². The zero-order chi connectivity index (χ0) is 15.6. The van der Waals surface area contributed by atoms with Crippen LogP contribution in [-0.4, -0.2) is 11.6 Å². The standard InChI is InChI=1S/C17H34O2/c1-12(2)17(9,10)13(11-15(3,4)5)14(18)19-16(6,7)8/h12-13H,11H2,1-10H3. The van der Waals surface area contributed by atoms with E-state index in [2.05, 4.69) is 48.5 Å². The fourth-order valence-electron chi connectivity index (χ4n) is 2.04. The molecule has 2 nitrogen and oxygen atoms in total. The largest absolute Gasteiger partial charge is 0.460 e. The number of carbonyl (C=O) groups is 1. The van der Waals surface area contributed by atoms with Gasteiger partial charge >= 0.3 is 5.97 Å². The fraction of sp³-hybridized carbons (Fsp3) is 0.941. The Morgan fingerprint density at radius 2 is 1.37 bits per heavy atom. The molecular weight excluding hydrogens is 236 g/mol. The van der Waals surface area contributed by atoms with Crippen molar-refractivity contribution in [1.29, 1.82) is 0 Å². The van der Waals surface area contributed by atoms with Crippen LogP contribution in [0.2, 0.25) is 0 Å². The van der Waals surface area contributed by atoms with E-state index >= 15 is 0 Å². The van der Waals surface area contributed by atoms with E-state index in [1.807, 2.05) is 20.8 Å². The van der Waals surface area contributed by atoms with E-state index in [4.69, 9.17) is 4.74 Å². The molecule has 1 atom stereocenters. The Morgan fingerprint density at radius 1 is 0.947 bits per heavy atom. The van der Waals surface area contributed by atoms with Crippen LogP contribution in [0.5, 0.6) is 0 Å². The number of rotatable bonds is 4. The second-order valence-corrected chi connectivity index (χ2v) is 8.83. The van der Waals surface area contributed by atoms with E-state index in [9.17, 15) is 4.79 Å². The van der Waals surface area contributed by atoms with E-state index in [1.165, 1.54) is 0 Å². The van der Waals surface area contributed by atoms with Crippen LogP contribution in [0.1, 0.15) is 75.7 Å². The number of hydrogen-bond donors (Lipinski definition) is 0. The summed E-state index contributed by atoms with van der Waals surface area (Å²) in [6.45, 7) is 21.1. The van der Waals surface area contributed by atoms with Crippen molar-refractivity contribution in [2.24, 2.45) is 22.7 Å². The van der Waals surface area contributed by atoms with Crippen molar-refractivity contribution in [1.82, 2.24) is 0 Å². The second kappa shape index (κ2) is 5.85. The van der Waals surface area contributed by atoms with Gasteiger partial charge in [-0.1, -0.05) is 48.5 Å². The van der Waals surface area contributed by atoms with Gasteiger partial charge in [0.25, 0.3) is 0 Å². The molecule has 0 saturated heterocycles. The summed E-state index contributed by atoms with van der Waals surface area (Å²) in [5.41, 5.74) is -0.358. The van der Waals surface area contributed by atoms with Gasteiger partial charge in [-0.15, -0.1) is 0 Å². The molecule has 0 aromatic carbocycles. The molecule has 114 valence electrons. The molecule has 0 radical (unpaired) electrons. The lowest BCUT2D eigenvalue weighted by atomic mass is 9.66. The molecule has 19 heavy (non-hydrogen) atoms. The normalized spacial score (nSPS) is 15.5. The summed E-state index contributed by atoms with van der Waals surface area (Å²) >= 11 is 0. The fourth-order valence-corrected chi connectivity index (χ4v) is 2.04. The van der Waals surface area contributed by atoms with Crippen LogP contribution in [0.15, 0.2) is 0 Å². The van der Waals surface area contributed by atoms with Crippen LogP contribution in [-0.2, 0) is 9.53 Å². The van der Waals surface area contributed by atoms with Gasteiger partial charge in [0.2, 0.25) is 0 Å². The van der Waals surface area contributed by atoms with Gasteiger partial charge in [-0.2, -0.15) is 0 Å². The van der Waals surface area contributed by atoms with Gasteiger partial charge in [-0.3, -0.25) is 4.79 Å². The third-order valence-corrected chi connectivity index (χ3v) is 3.89. The summed E-state index contributed by atoms with van der Waals surface area (Å²) < 4.78 is 5.64. The first kappa shape index (κ1) is 18.5. The molecule has 0 aromatic heterocycles. The van der Waals surface area contributed by atoms with Crippen molar-refractivity contribution in [3.05, 3.63) is 0 Å². The van der Waals surface area contributed by atoms with Crippen molar-refractivity contribution in [2.45, 2.75) is 81.3 Å². The monoisotopic (exact) mass is 270 g/mol. The Labute approximate surface area is 120 Å². The minimum atomic E-state index is -0.416. The lowest BCUT2D eigenvalue weighted by molar-refractivity contribution is -0.167. The summed E-state index contributed by atoms with van der Waals surface area (Å²) in [4.78, 5) is 12.6. The number of ether oxygens (including phenoxy) is 1. The summed E-state index contributed by atoms with van der Waals surface area (Å²) in [5.74, 6) is 0.320. The maximum absolute atomic E-state index is 12.6. The maximum atomic E-state index is 12.6. The van der Waals surface area contributed by atoms with Crippen molar-refractivity contribution in [3.8, 4) is 0 Å². The molecule has 0 aliphatic carbocycles. The van der Waals surface area contributed by atoms with Crippen LogP contribution in [0, 0.1) is 22.7 Å². The predicted molar refractivity (Wildman–Crippen MR) is 82.0 cm³/mol. The molecule has 0 bridgehead atoms. The van der Waals surface area contributed by atoms with E-state index in [0.717, 1.165) is 6.42 Å². The molecule has 0 heterocycles. The molecule has 2 heteroatoms. The molecule has 0 aliphatic heterocycles. The highest BCUT2D eigenvalue weighted by Gasteiger charge is 2.41. The molecule has 0 aromatic rings. The minimum Gasteiger partial charge on any atom is -0.460 e.